The van der Waals surface area contributed by atoms with Gasteiger partial charge < -0.3 is 30.0 Å². The normalized spacial score (nSPS) is 16.0. The lowest BCUT2D eigenvalue weighted by molar-refractivity contribution is -0.142. The van der Waals surface area contributed by atoms with Crippen molar-refractivity contribution >= 4 is 67.5 Å². The number of carbonyl (C=O) groups excluding carboxylic acids is 2. The van der Waals surface area contributed by atoms with E-state index in [1.807, 2.05) is 54.6 Å². The largest absolute Gasteiger partial charge is 0.489 e. The number of nitrogens with one attached hydrogen (secondary N) is 2. The van der Waals surface area contributed by atoms with Crippen molar-refractivity contribution in [3.63, 3.8) is 0 Å². The Balaban J connectivity index is 1.03. The van der Waals surface area contributed by atoms with Crippen LogP contribution in [0.15, 0.2) is 107 Å². The first-order valence-electron chi connectivity index (χ1n) is 20.7. The third-order valence-electron chi connectivity index (χ3n) is 11.2. The van der Waals surface area contributed by atoms with Crippen molar-refractivity contribution < 1.29 is 42.1 Å². The maximum absolute atomic E-state index is 14.7. The average molecular weight is 967 g/mol. The molecule has 6 aromatic rings. The van der Waals surface area contributed by atoms with Gasteiger partial charge in [0, 0.05) is 19.4 Å². The number of ether oxygens (including phenoxy) is 3. The minimum atomic E-state index is -4.49. The topological polar surface area (TPSA) is 197 Å². The highest BCUT2D eigenvalue weighted by Crippen LogP contribution is 2.43. The number of benzene rings is 5. The van der Waals surface area contributed by atoms with Crippen molar-refractivity contribution in [2.45, 2.75) is 68.7 Å². The summed E-state index contributed by atoms with van der Waals surface area (Å²) in [7, 11) is -4.49. The Labute approximate surface area is 394 Å². The fourth-order valence-electron chi connectivity index (χ4n) is 7.61. The van der Waals surface area contributed by atoms with E-state index in [4.69, 9.17) is 42.7 Å². The average Bonchev–Trinajstić information content (AvgIpc) is 3.70. The monoisotopic (exact) mass is 965 g/mol. The number of amides is 2. The van der Waals surface area contributed by atoms with Crippen LogP contribution in [0.25, 0.3) is 11.1 Å². The number of nitriles is 1. The fourth-order valence-corrected chi connectivity index (χ4v) is 11.0. The minimum absolute atomic E-state index is 0.0872. The summed E-state index contributed by atoms with van der Waals surface area (Å²) in [6.07, 6.45) is -0.575. The first kappa shape index (κ1) is 46.1. The van der Waals surface area contributed by atoms with Crippen molar-refractivity contribution in [1.29, 1.82) is 5.26 Å². The molecular formula is C48H41Cl2N5O9S2. The molecule has 0 saturated heterocycles. The number of rotatable bonds is 14. The highest BCUT2D eigenvalue weighted by atomic mass is 35.5. The molecule has 66 heavy (non-hydrogen) atoms. The van der Waals surface area contributed by atoms with Crippen molar-refractivity contribution in [3.05, 3.63) is 152 Å². The first-order valence-corrected chi connectivity index (χ1v) is 23.7. The molecule has 1 aromatic heterocycles. The number of carboxylic acid groups (broad SMARTS) is 1. The van der Waals surface area contributed by atoms with Gasteiger partial charge in [0.15, 0.2) is 26.9 Å². The van der Waals surface area contributed by atoms with Gasteiger partial charge in [0.05, 0.1) is 27.4 Å². The SMILES string of the molecule is CCC(=O)Nc1nc(C)c(S(=O)(=O)N2Cc3cc4c(cc3CC2C(=O)NC(Cc2ccc(-c3ccc(C#N)cc3)cc2)C(=O)O)OCC(c2ccc(OCc3ccc(Cl)c(Cl)c3)cc2)O4)s1. The van der Waals surface area contributed by atoms with Gasteiger partial charge in [-0.25, -0.2) is 18.2 Å². The van der Waals surface area contributed by atoms with Gasteiger partial charge in [0.2, 0.25) is 11.8 Å². The lowest BCUT2D eigenvalue weighted by atomic mass is 9.94. The summed E-state index contributed by atoms with van der Waals surface area (Å²) in [5.74, 6) is -1.07. The summed E-state index contributed by atoms with van der Waals surface area (Å²) < 4.78 is 48.9. The maximum atomic E-state index is 14.7. The minimum Gasteiger partial charge on any atom is -0.489 e. The zero-order valence-electron chi connectivity index (χ0n) is 35.4. The lowest BCUT2D eigenvalue weighted by Crippen LogP contribution is -2.55. The Morgan fingerprint density at radius 3 is 2.29 bits per heavy atom. The molecule has 5 aromatic carbocycles. The molecule has 0 aliphatic carbocycles. The summed E-state index contributed by atoms with van der Waals surface area (Å²) in [6, 6.07) is 29.6. The predicted molar refractivity (Wildman–Crippen MR) is 248 cm³/mol. The number of carboxylic acids is 1. The number of hydrogen-bond acceptors (Lipinski definition) is 11. The van der Waals surface area contributed by atoms with Crippen LogP contribution in [-0.4, -0.2) is 59.3 Å². The molecule has 0 radical (unpaired) electrons. The van der Waals surface area contributed by atoms with Gasteiger partial charge in [-0.2, -0.15) is 9.57 Å². The van der Waals surface area contributed by atoms with E-state index in [9.17, 15) is 27.9 Å². The molecule has 3 unspecified atom stereocenters. The van der Waals surface area contributed by atoms with Gasteiger partial charge in [-0.3, -0.25) is 9.59 Å². The van der Waals surface area contributed by atoms with Gasteiger partial charge in [-0.1, -0.05) is 96.1 Å². The number of sulfonamides is 1. The number of halogens is 2. The second-order valence-electron chi connectivity index (χ2n) is 15.6. The van der Waals surface area contributed by atoms with Gasteiger partial charge >= 0.3 is 5.97 Å². The molecule has 2 amide bonds. The van der Waals surface area contributed by atoms with Gasteiger partial charge in [-0.05, 0) is 101 Å². The molecule has 338 valence electrons. The van der Waals surface area contributed by atoms with E-state index in [1.165, 1.54) is 6.92 Å². The molecule has 3 heterocycles. The fraction of sp³-hybridized carbons (Fsp3) is 0.229. The van der Waals surface area contributed by atoms with Gasteiger partial charge in [0.1, 0.15) is 31.0 Å². The number of anilines is 1. The van der Waals surface area contributed by atoms with E-state index < -0.39 is 40.1 Å². The van der Waals surface area contributed by atoms with Crippen LogP contribution in [0.1, 0.15) is 58.5 Å². The second kappa shape index (κ2) is 19.5. The zero-order chi connectivity index (χ0) is 46.7. The summed E-state index contributed by atoms with van der Waals surface area (Å²) in [6.45, 7) is 3.33. The third kappa shape index (κ3) is 10.2. The second-order valence-corrected chi connectivity index (χ2v) is 19.5. The van der Waals surface area contributed by atoms with Crippen LogP contribution in [0.3, 0.4) is 0 Å². The smallest absolute Gasteiger partial charge is 0.326 e. The molecule has 0 spiro atoms. The van der Waals surface area contributed by atoms with Crippen LogP contribution < -0.4 is 24.8 Å². The molecule has 0 saturated carbocycles. The Morgan fingerprint density at radius 2 is 1.62 bits per heavy atom. The van der Waals surface area contributed by atoms with Crippen LogP contribution in [0, 0.1) is 18.3 Å². The van der Waals surface area contributed by atoms with Crippen LogP contribution in [0.4, 0.5) is 5.13 Å². The number of aliphatic carboxylic acids is 1. The molecule has 2 aliphatic heterocycles. The van der Waals surface area contributed by atoms with E-state index in [0.29, 0.717) is 49.5 Å². The predicted octanol–water partition coefficient (Wildman–Crippen LogP) is 8.66. The van der Waals surface area contributed by atoms with Crippen LogP contribution >= 0.6 is 34.5 Å². The van der Waals surface area contributed by atoms with E-state index in [0.717, 1.165) is 37.9 Å². The standard InChI is InChI=1S/C48H41Cl2N5O9S2/c1-3-44(56)54-48-52-27(2)47(65-48)66(60,61)55-24-35-22-42-41(63-26-43(64-42)33-13-15-36(16-14-33)62-25-30-8-17-37(49)38(50)18-30)21-34(35)20-40(55)45(57)53-39(46(58)59)19-28-4-9-31(10-5-28)32-11-6-29(23-51)7-12-32/h4-18,21-22,39-40,43H,3,19-20,24-26H2,1-2H3,(H,53,57)(H,58,59)(H,52,54,56). The van der Waals surface area contributed by atoms with E-state index in [-0.39, 0.29) is 60.0 Å². The summed E-state index contributed by atoms with van der Waals surface area (Å²) in [4.78, 5) is 43.6. The number of fused-ring (bicyclic) bond motifs is 2. The van der Waals surface area contributed by atoms with E-state index >= 15 is 0 Å². The zero-order valence-corrected chi connectivity index (χ0v) is 38.6. The highest BCUT2D eigenvalue weighted by molar-refractivity contribution is 7.91. The van der Waals surface area contributed by atoms with Crippen molar-refractivity contribution in [2.75, 3.05) is 11.9 Å². The Bertz CT molecular complexity index is 2980. The number of carbonyl (C=O) groups is 3. The number of thiazole rings is 1. The molecule has 14 nitrogen and oxygen atoms in total. The van der Waals surface area contributed by atoms with E-state index in [2.05, 4.69) is 21.7 Å². The molecule has 3 N–H and O–H groups in total. The Morgan fingerprint density at radius 1 is 0.939 bits per heavy atom. The molecule has 0 bridgehead atoms. The summed E-state index contributed by atoms with van der Waals surface area (Å²) in [5.41, 5.74) is 5.81. The van der Waals surface area contributed by atoms with Crippen LogP contribution in [0.5, 0.6) is 17.2 Å². The third-order valence-corrected chi connectivity index (χ3v) is 15.4. The molecule has 18 heteroatoms. The number of aromatic nitrogens is 1. The lowest BCUT2D eigenvalue weighted by Gasteiger charge is -2.36. The van der Waals surface area contributed by atoms with Gasteiger partial charge in [0.25, 0.3) is 10.0 Å². The molecular weight excluding hydrogens is 926 g/mol. The van der Waals surface area contributed by atoms with Crippen molar-refractivity contribution in [3.8, 4) is 34.4 Å². The Kier molecular flexibility index (Phi) is 13.6. The summed E-state index contributed by atoms with van der Waals surface area (Å²) in [5, 5.41) is 25.7. The van der Waals surface area contributed by atoms with Crippen molar-refractivity contribution in [2.24, 2.45) is 0 Å². The van der Waals surface area contributed by atoms with Crippen LogP contribution in [-0.2, 0) is 50.4 Å². The number of hydrogen-bond donors (Lipinski definition) is 3. The Hall–Kier alpha value is -6.48. The van der Waals surface area contributed by atoms with Crippen LogP contribution in [0.2, 0.25) is 10.0 Å². The van der Waals surface area contributed by atoms with Gasteiger partial charge in [-0.15, -0.1) is 0 Å². The maximum Gasteiger partial charge on any atom is 0.326 e. The summed E-state index contributed by atoms with van der Waals surface area (Å²) >= 11 is 13.0. The molecule has 0 fully saturated rings. The molecule has 3 atom stereocenters. The number of aryl methyl sites for hydroxylation is 1. The quantitative estimate of drug-likeness (QED) is 0.0945. The molecule has 8 rings (SSSR count). The van der Waals surface area contributed by atoms with E-state index in [1.54, 1.807) is 55.5 Å². The first-order chi connectivity index (χ1) is 31.7. The van der Waals surface area contributed by atoms with Crippen molar-refractivity contribution in [1.82, 2.24) is 14.6 Å². The number of nitrogens with zero attached hydrogens (tertiary/aromatic N) is 3. The highest BCUT2D eigenvalue weighted by Gasteiger charge is 2.43. The molecule has 2 aliphatic rings.